The summed E-state index contributed by atoms with van der Waals surface area (Å²) < 4.78 is 32.3. The molecule has 0 amide bonds. The van der Waals surface area contributed by atoms with E-state index in [1.54, 1.807) is 0 Å². The predicted molar refractivity (Wildman–Crippen MR) is 107 cm³/mol. The summed E-state index contributed by atoms with van der Waals surface area (Å²) in [5.74, 6) is -3.81. The van der Waals surface area contributed by atoms with Crippen molar-refractivity contribution in [2.24, 2.45) is 17.8 Å². The van der Waals surface area contributed by atoms with Gasteiger partial charge in [0.15, 0.2) is 6.29 Å². The lowest BCUT2D eigenvalue weighted by molar-refractivity contribution is -0.343. The molecular formula is C21H30O13. The zero-order valence-electron chi connectivity index (χ0n) is 18.9. The summed E-state index contributed by atoms with van der Waals surface area (Å²) in [5, 5.41) is 39.8. The quantitative estimate of drug-likeness (QED) is 0.226. The number of hydrogen-bond donors (Lipinski definition) is 4. The van der Waals surface area contributed by atoms with E-state index in [9.17, 15) is 34.8 Å². The van der Waals surface area contributed by atoms with Gasteiger partial charge in [0.1, 0.15) is 30.5 Å². The van der Waals surface area contributed by atoms with Crippen LogP contribution in [0.2, 0.25) is 0 Å². The van der Waals surface area contributed by atoms with Gasteiger partial charge in [-0.2, -0.15) is 0 Å². The van der Waals surface area contributed by atoms with Gasteiger partial charge in [0, 0.05) is 31.6 Å². The predicted octanol–water partition coefficient (Wildman–Crippen LogP) is -2.04. The Kier molecular flexibility index (Phi) is 8.49. The third kappa shape index (κ3) is 5.34. The summed E-state index contributed by atoms with van der Waals surface area (Å²) in [6.45, 7) is 1.60. The third-order valence-corrected chi connectivity index (χ3v) is 6.30. The van der Waals surface area contributed by atoms with E-state index in [0.29, 0.717) is 0 Å². The van der Waals surface area contributed by atoms with Gasteiger partial charge >= 0.3 is 17.9 Å². The number of ether oxygens (including phenoxy) is 6. The van der Waals surface area contributed by atoms with Gasteiger partial charge in [0.25, 0.3) is 0 Å². The molecule has 4 N–H and O–H groups in total. The second kappa shape index (κ2) is 11.0. The van der Waals surface area contributed by atoms with Crippen molar-refractivity contribution >= 4 is 17.9 Å². The molecule has 0 aromatic carbocycles. The number of hydrogen-bond acceptors (Lipinski definition) is 13. The van der Waals surface area contributed by atoms with Crippen molar-refractivity contribution in [3.8, 4) is 0 Å². The molecule has 3 aliphatic rings. The lowest BCUT2D eigenvalue weighted by Gasteiger charge is -2.43. The number of fused-ring (bicyclic) bond motifs is 1. The van der Waals surface area contributed by atoms with E-state index >= 15 is 0 Å². The molecule has 10 atom stereocenters. The second-order valence-corrected chi connectivity index (χ2v) is 8.44. The molecule has 192 valence electrons. The van der Waals surface area contributed by atoms with Gasteiger partial charge in [-0.05, 0) is 6.42 Å². The Hall–Kier alpha value is -2.29. The highest BCUT2D eigenvalue weighted by Gasteiger charge is 2.56. The number of methoxy groups -OCH3 is 1. The average molecular weight is 490 g/mol. The van der Waals surface area contributed by atoms with E-state index < -0.39 is 85.4 Å². The fraction of sp³-hybridized carbons (Fsp3) is 0.762. The first-order chi connectivity index (χ1) is 16.1. The van der Waals surface area contributed by atoms with Gasteiger partial charge in [-0.3, -0.25) is 9.59 Å². The van der Waals surface area contributed by atoms with Gasteiger partial charge in [0.2, 0.25) is 6.29 Å². The van der Waals surface area contributed by atoms with Crippen LogP contribution in [0.15, 0.2) is 11.8 Å². The number of aliphatic hydroxyl groups excluding tert-OH is 4. The van der Waals surface area contributed by atoms with Crippen molar-refractivity contribution in [1.82, 2.24) is 0 Å². The van der Waals surface area contributed by atoms with Crippen molar-refractivity contribution in [1.29, 1.82) is 0 Å². The SMILES string of the molecule is COC(=O)C1=CO[C@@H](O[C@@H]2O[C@H](CO)[C@@H](O)[C@H](O)[C@H]2O)[C@@H]2[C@@H](COC(C)=O)[C@@H](OC(C)=O)C[C@H]12. The summed E-state index contributed by atoms with van der Waals surface area (Å²) in [5.41, 5.74) is 0.156. The first-order valence-corrected chi connectivity index (χ1v) is 10.8. The third-order valence-electron chi connectivity index (χ3n) is 6.30. The fourth-order valence-corrected chi connectivity index (χ4v) is 4.71. The summed E-state index contributed by atoms with van der Waals surface area (Å²) >= 11 is 0. The smallest absolute Gasteiger partial charge is 0.337 e. The van der Waals surface area contributed by atoms with Gasteiger partial charge in [-0.25, -0.2) is 4.79 Å². The minimum absolute atomic E-state index is 0.156. The van der Waals surface area contributed by atoms with E-state index in [2.05, 4.69) is 0 Å². The van der Waals surface area contributed by atoms with Crippen LogP contribution in [0.3, 0.4) is 0 Å². The molecule has 13 nitrogen and oxygen atoms in total. The number of carbonyl (C=O) groups is 3. The first kappa shape index (κ1) is 26.3. The molecule has 13 heteroatoms. The summed E-state index contributed by atoms with van der Waals surface area (Å²) in [6.07, 6.45) is -8.33. The van der Waals surface area contributed by atoms with Crippen LogP contribution < -0.4 is 0 Å². The largest absolute Gasteiger partial charge is 0.472 e. The van der Waals surface area contributed by atoms with Crippen LogP contribution in [0.5, 0.6) is 0 Å². The van der Waals surface area contributed by atoms with E-state index in [0.717, 1.165) is 6.26 Å². The average Bonchev–Trinajstić information content (AvgIpc) is 3.15. The molecule has 2 aliphatic heterocycles. The second-order valence-electron chi connectivity index (χ2n) is 8.44. The van der Waals surface area contributed by atoms with Crippen molar-refractivity contribution < 1.29 is 63.2 Å². The Morgan fingerprint density at radius 3 is 2.35 bits per heavy atom. The molecule has 2 heterocycles. The topological polar surface area (TPSA) is 188 Å². The van der Waals surface area contributed by atoms with Crippen molar-refractivity contribution in [2.45, 2.75) is 63.4 Å². The molecule has 0 bridgehead atoms. The molecule has 1 aliphatic carbocycles. The lowest BCUT2D eigenvalue weighted by atomic mass is 9.83. The normalized spacial score (nSPS) is 39.3. The Morgan fingerprint density at radius 1 is 1.06 bits per heavy atom. The van der Waals surface area contributed by atoms with Crippen molar-refractivity contribution in [3.05, 3.63) is 11.8 Å². The molecule has 0 aromatic heterocycles. The maximum absolute atomic E-state index is 12.4. The highest BCUT2D eigenvalue weighted by molar-refractivity contribution is 5.89. The van der Waals surface area contributed by atoms with Gasteiger partial charge in [0.05, 0.1) is 32.2 Å². The molecule has 3 rings (SSSR count). The summed E-state index contributed by atoms with van der Waals surface area (Å²) in [6, 6.07) is 0. The van der Waals surface area contributed by atoms with Crippen LogP contribution in [-0.2, 0) is 42.8 Å². The highest BCUT2D eigenvalue weighted by atomic mass is 16.8. The number of aliphatic hydroxyl groups is 4. The van der Waals surface area contributed by atoms with E-state index in [4.69, 9.17) is 28.4 Å². The van der Waals surface area contributed by atoms with Crippen molar-refractivity contribution in [3.63, 3.8) is 0 Å². The van der Waals surface area contributed by atoms with Gasteiger partial charge in [-0.15, -0.1) is 0 Å². The van der Waals surface area contributed by atoms with Crippen LogP contribution >= 0.6 is 0 Å². The van der Waals surface area contributed by atoms with Crippen LogP contribution in [0.1, 0.15) is 20.3 Å². The number of carbonyl (C=O) groups excluding carboxylic acids is 3. The zero-order valence-corrected chi connectivity index (χ0v) is 18.9. The Labute approximate surface area is 195 Å². The van der Waals surface area contributed by atoms with Crippen LogP contribution in [-0.4, -0.2) is 102 Å². The molecule has 1 saturated carbocycles. The molecule has 0 aromatic rings. The maximum Gasteiger partial charge on any atom is 0.337 e. The highest BCUT2D eigenvalue weighted by Crippen LogP contribution is 2.49. The van der Waals surface area contributed by atoms with E-state index in [1.165, 1.54) is 21.0 Å². The Morgan fingerprint density at radius 2 is 1.76 bits per heavy atom. The van der Waals surface area contributed by atoms with Crippen molar-refractivity contribution in [2.75, 3.05) is 20.3 Å². The summed E-state index contributed by atoms with van der Waals surface area (Å²) in [7, 11) is 1.20. The molecular weight excluding hydrogens is 460 g/mol. The number of rotatable bonds is 7. The fourth-order valence-electron chi connectivity index (χ4n) is 4.71. The molecule has 34 heavy (non-hydrogen) atoms. The van der Waals surface area contributed by atoms with Crippen LogP contribution in [0.25, 0.3) is 0 Å². The monoisotopic (exact) mass is 490 g/mol. The van der Waals surface area contributed by atoms with E-state index in [-0.39, 0.29) is 18.6 Å². The van der Waals surface area contributed by atoms with Crippen LogP contribution in [0.4, 0.5) is 0 Å². The minimum Gasteiger partial charge on any atom is -0.472 e. The van der Waals surface area contributed by atoms with Crippen LogP contribution in [0, 0.1) is 17.8 Å². The lowest BCUT2D eigenvalue weighted by Crippen LogP contribution is -2.60. The Bertz CT molecular complexity index is 796. The Balaban J connectivity index is 1.91. The molecule has 0 radical (unpaired) electrons. The maximum atomic E-state index is 12.4. The molecule has 2 fully saturated rings. The molecule has 0 unspecified atom stereocenters. The van der Waals surface area contributed by atoms with Gasteiger partial charge < -0.3 is 48.8 Å². The first-order valence-electron chi connectivity index (χ1n) is 10.8. The minimum atomic E-state index is -1.69. The molecule has 1 saturated heterocycles. The zero-order chi connectivity index (χ0) is 25.2. The van der Waals surface area contributed by atoms with E-state index in [1.807, 2.05) is 0 Å². The molecule has 0 spiro atoms. The number of esters is 3. The standard InChI is InChI=1S/C21H30O13/c1-8(23)30-7-12-13(32-9(2)24)4-10-11(19(28)29-3)6-31-20(15(10)12)34-21-18(27)17(26)16(25)14(5-22)33-21/h6,10,12-18,20-22,25-27H,4-5,7H2,1-3H3/t10-,12+,13+,14-,15+,16-,17+,18-,20+,21+/m1/s1. The van der Waals surface area contributed by atoms with Gasteiger partial charge in [-0.1, -0.05) is 0 Å². The summed E-state index contributed by atoms with van der Waals surface area (Å²) in [4.78, 5) is 35.6.